The van der Waals surface area contributed by atoms with Crippen molar-refractivity contribution in [3.05, 3.63) is 64.8 Å². The number of anilines is 1. The Morgan fingerprint density at radius 1 is 1.29 bits per heavy atom. The first-order valence-corrected chi connectivity index (χ1v) is 9.93. The largest absolute Gasteiger partial charge is 0.383 e. The molecule has 5 rings (SSSR count). The van der Waals surface area contributed by atoms with Crippen molar-refractivity contribution < 1.29 is 9.53 Å². The van der Waals surface area contributed by atoms with Crippen molar-refractivity contribution >= 4 is 33.5 Å². The summed E-state index contributed by atoms with van der Waals surface area (Å²) < 4.78 is 7.52. The number of ether oxygens (including phenoxy) is 1. The van der Waals surface area contributed by atoms with Crippen LogP contribution >= 0.6 is 0 Å². The Balaban J connectivity index is 1.55. The fraction of sp³-hybridized carbons (Fsp3) is 0.208. The Labute approximate surface area is 179 Å². The van der Waals surface area contributed by atoms with Gasteiger partial charge in [-0.3, -0.25) is 9.48 Å². The number of benzene rings is 2. The molecule has 3 heterocycles. The standard InChI is InChI=1S/C24H21N5O2/c1-4-14-5-7-17-16(9-14)12-31-13-21(17)28(2)24(30)15-6-8-20-18(10-15)22-19(23(25)27-20)11-26-29(22)3/h1,5-11,21H,12-13H2,2-3H3,(H2,25,27). The Bertz CT molecular complexity index is 1400. The zero-order valence-electron chi connectivity index (χ0n) is 17.3. The molecule has 2 N–H and O–H groups in total. The van der Waals surface area contributed by atoms with E-state index in [0.717, 1.165) is 38.5 Å². The molecule has 1 amide bonds. The molecule has 1 unspecified atom stereocenters. The Hall–Kier alpha value is -3.89. The number of carbonyl (C=O) groups is 1. The molecular weight excluding hydrogens is 390 g/mol. The van der Waals surface area contributed by atoms with Crippen LogP contribution in [0.1, 0.15) is 33.1 Å². The summed E-state index contributed by atoms with van der Waals surface area (Å²) in [5.74, 6) is 2.97. The quantitative estimate of drug-likeness (QED) is 0.513. The average Bonchev–Trinajstić information content (AvgIpc) is 3.19. The Morgan fingerprint density at radius 3 is 2.94 bits per heavy atom. The third kappa shape index (κ3) is 3.00. The Morgan fingerprint density at radius 2 is 2.13 bits per heavy atom. The monoisotopic (exact) mass is 411 g/mol. The summed E-state index contributed by atoms with van der Waals surface area (Å²) in [6.07, 6.45) is 7.22. The lowest BCUT2D eigenvalue weighted by Gasteiger charge is -2.33. The van der Waals surface area contributed by atoms with Gasteiger partial charge in [-0.25, -0.2) is 4.98 Å². The van der Waals surface area contributed by atoms with Crippen LogP contribution in [-0.2, 0) is 18.4 Å². The fourth-order valence-electron chi connectivity index (χ4n) is 4.27. The summed E-state index contributed by atoms with van der Waals surface area (Å²) in [5.41, 5.74) is 11.1. The number of hydrogen-bond acceptors (Lipinski definition) is 5. The topological polar surface area (TPSA) is 86.3 Å². The highest BCUT2D eigenvalue weighted by Gasteiger charge is 2.28. The van der Waals surface area contributed by atoms with Crippen LogP contribution in [0.3, 0.4) is 0 Å². The summed E-state index contributed by atoms with van der Waals surface area (Å²) in [6, 6.07) is 11.1. The van der Waals surface area contributed by atoms with Crippen molar-refractivity contribution in [1.82, 2.24) is 19.7 Å². The van der Waals surface area contributed by atoms with E-state index in [1.807, 2.05) is 37.4 Å². The number of nitrogen functional groups attached to an aromatic ring is 1. The minimum Gasteiger partial charge on any atom is -0.383 e. The third-order valence-electron chi connectivity index (χ3n) is 5.94. The number of pyridine rings is 1. The highest BCUT2D eigenvalue weighted by atomic mass is 16.5. The van der Waals surface area contributed by atoms with Gasteiger partial charge in [0.15, 0.2) is 0 Å². The van der Waals surface area contributed by atoms with Crippen LogP contribution < -0.4 is 5.73 Å². The van der Waals surface area contributed by atoms with Crippen molar-refractivity contribution in [2.24, 2.45) is 7.05 Å². The van der Waals surface area contributed by atoms with Gasteiger partial charge in [0, 0.05) is 30.6 Å². The molecule has 0 spiro atoms. The zero-order chi connectivity index (χ0) is 21.7. The van der Waals surface area contributed by atoms with E-state index >= 15 is 0 Å². The predicted molar refractivity (Wildman–Crippen MR) is 119 cm³/mol. The second-order valence-corrected chi connectivity index (χ2v) is 7.76. The summed E-state index contributed by atoms with van der Waals surface area (Å²) in [7, 11) is 3.65. The second kappa shape index (κ2) is 7.11. The predicted octanol–water partition coefficient (Wildman–Crippen LogP) is 3.03. The van der Waals surface area contributed by atoms with Crippen molar-refractivity contribution in [1.29, 1.82) is 0 Å². The molecule has 0 saturated carbocycles. The highest BCUT2D eigenvalue weighted by Crippen LogP contribution is 2.32. The van der Waals surface area contributed by atoms with Crippen LogP contribution in [-0.4, -0.2) is 39.2 Å². The maximum absolute atomic E-state index is 13.4. The summed E-state index contributed by atoms with van der Waals surface area (Å²) in [5, 5.41) is 5.91. The Kier molecular flexibility index (Phi) is 4.38. The van der Waals surface area contributed by atoms with E-state index in [-0.39, 0.29) is 11.9 Å². The molecule has 1 atom stereocenters. The van der Waals surface area contributed by atoms with E-state index in [1.165, 1.54) is 0 Å². The number of hydrogen-bond donors (Lipinski definition) is 1. The molecule has 7 heteroatoms. The van der Waals surface area contributed by atoms with Crippen LogP contribution in [0.2, 0.25) is 0 Å². The maximum Gasteiger partial charge on any atom is 0.254 e. The molecule has 7 nitrogen and oxygen atoms in total. The molecule has 0 aliphatic carbocycles. The lowest BCUT2D eigenvalue weighted by atomic mass is 9.95. The number of nitrogens with zero attached hydrogens (tertiary/aromatic N) is 4. The molecule has 0 radical (unpaired) electrons. The normalized spacial score (nSPS) is 15.6. The zero-order valence-corrected chi connectivity index (χ0v) is 17.3. The van der Waals surface area contributed by atoms with Crippen LogP contribution in [0.25, 0.3) is 21.8 Å². The molecule has 1 aliphatic rings. The van der Waals surface area contributed by atoms with Crippen molar-refractivity contribution in [2.45, 2.75) is 12.6 Å². The number of rotatable bonds is 2. The van der Waals surface area contributed by atoms with Gasteiger partial charge in [-0.1, -0.05) is 12.0 Å². The van der Waals surface area contributed by atoms with Gasteiger partial charge in [0.1, 0.15) is 5.82 Å². The van der Waals surface area contributed by atoms with E-state index < -0.39 is 0 Å². The minimum atomic E-state index is -0.194. The molecule has 0 fully saturated rings. The van der Waals surface area contributed by atoms with E-state index in [0.29, 0.717) is 24.6 Å². The van der Waals surface area contributed by atoms with Gasteiger partial charge in [0.2, 0.25) is 0 Å². The molecule has 0 bridgehead atoms. The number of amides is 1. The van der Waals surface area contributed by atoms with E-state index in [4.69, 9.17) is 16.9 Å². The molecule has 2 aromatic carbocycles. The smallest absolute Gasteiger partial charge is 0.254 e. The summed E-state index contributed by atoms with van der Waals surface area (Å²) >= 11 is 0. The highest BCUT2D eigenvalue weighted by molar-refractivity contribution is 6.10. The van der Waals surface area contributed by atoms with Crippen molar-refractivity contribution in [3.8, 4) is 12.3 Å². The van der Waals surface area contributed by atoms with Crippen LogP contribution in [0.15, 0.2) is 42.6 Å². The van der Waals surface area contributed by atoms with Gasteiger partial charge < -0.3 is 15.4 Å². The van der Waals surface area contributed by atoms with Gasteiger partial charge in [0.05, 0.1) is 41.9 Å². The molecule has 154 valence electrons. The molecule has 0 saturated heterocycles. The second-order valence-electron chi connectivity index (χ2n) is 7.76. The molecule has 1 aliphatic heterocycles. The van der Waals surface area contributed by atoms with Crippen molar-refractivity contribution in [3.63, 3.8) is 0 Å². The maximum atomic E-state index is 13.4. The number of aryl methyl sites for hydroxylation is 1. The fourth-order valence-corrected chi connectivity index (χ4v) is 4.27. The van der Waals surface area contributed by atoms with Crippen LogP contribution in [0, 0.1) is 12.3 Å². The van der Waals surface area contributed by atoms with Crippen molar-refractivity contribution in [2.75, 3.05) is 19.4 Å². The lowest BCUT2D eigenvalue weighted by molar-refractivity contribution is 0.0346. The first-order chi connectivity index (χ1) is 15.0. The first-order valence-electron chi connectivity index (χ1n) is 9.93. The number of terminal acetylenes is 1. The van der Waals surface area contributed by atoms with Gasteiger partial charge in [-0.05, 0) is 41.5 Å². The minimum absolute atomic E-state index is 0.100. The van der Waals surface area contributed by atoms with E-state index in [2.05, 4.69) is 16.0 Å². The molecule has 4 aromatic rings. The molecule has 2 aromatic heterocycles. The number of fused-ring (bicyclic) bond motifs is 4. The van der Waals surface area contributed by atoms with E-state index in [1.54, 1.807) is 28.9 Å². The SMILES string of the molecule is C#Cc1ccc2c(c1)COCC2N(C)C(=O)c1ccc2nc(N)c3cnn(C)c3c2c1. The number of likely N-dealkylation sites (N-methyl/N-ethyl adjacent to an activating group) is 1. The van der Waals surface area contributed by atoms with Gasteiger partial charge in [-0.15, -0.1) is 6.42 Å². The van der Waals surface area contributed by atoms with E-state index in [9.17, 15) is 4.79 Å². The number of aromatic nitrogens is 3. The lowest BCUT2D eigenvalue weighted by Crippen LogP contribution is -2.36. The van der Waals surface area contributed by atoms with Crippen LogP contribution in [0.4, 0.5) is 5.82 Å². The first kappa shape index (κ1) is 19.1. The number of carbonyl (C=O) groups excluding carboxylic acids is 1. The number of nitrogens with two attached hydrogens (primary N) is 1. The summed E-state index contributed by atoms with van der Waals surface area (Å²) in [6.45, 7) is 0.924. The molecular formula is C24H21N5O2. The molecule has 31 heavy (non-hydrogen) atoms. The average molecular weight is 411 g/mol. The third-order valence-corrected chi connectivity index (χ3v) is 5.94. The van der Waals surface area contributed by atoms with Gasteiger partial charge >= 0.3 is 0 Å². The summed E-state index contributed by atoms with van der Waals surface area (Å²) in [4.78, 5) is 19.6. The van der Waals surface area contributed by atoms with Gasteiger partial charge in [-0.2, -0.15) is 5.10 Å². The van der Waals surface area contributed by atoms with Crippen LogP contribution in [0.5, 0.6) is 0 Å². The van der Waals surface area contributed by atoms with Gasteiger partial charge in [0.25, 0.3) is 5.91 Å².